The van der Waals surface area contributed by atoms with Gasteiger partial charge in [0.25, 0.3) is 0 Å². The van der Waals surface area contributed by atoms with Gasteiger partial charge < -0.3 is 14.8 Å². The molecule has 0 atom stereocenters. The zero-order valence-corrected chi connectivity index (χ0v) is 13.6. The average molecular weight is 298 g/mol. The molecule has 2 rings (SSSR count). The van der Waals surface area contributed by atoms with E-state index in [0.29, 0.717) is 12.1 Å². The summed E-state index contributed by atoms with van der Waals surface area (Å²) in [4.78, 5) is 0. The highest BCUT2D eigenvalue weighted by atomic mass is 16.5. The first-order valence-electron chi connectivity index (χ1n) is 7.46. The van der Waals surface area contributed by atoms with Crippen LogP contribution in [0.15, 0.2) is 42.5 Å². The minimum absolute atomic E-state index is 0.129. The molecule has 0 saturated carbocycles. The summed E-state index contributed by atoms with van der Waals surface area (Å²) in [6.45, 7) is 9.09. The second-order valence-corrected chi connectivity index (χ2v) is 6.63. The van der Waals surface area contributed by atoms with Gasteiger partial charge in [0.1, 0.15) is 12.4 Å². The fraction of sp³-hybridized carbons (Fsp3) is 0.333. The molecule has 4 heteroatoms. The van der Waals surface area contributed by atoms with Gasteiger partial charge in [-0.2, -0.15) is 0 Å². The van der Waals surface area contributed by atoms with Gasteiger partial charge in [0.15, 0.2) is 0 Å². The highest BCUT2D eigenvalue weighted by molar-refractivity contribution is 6.58. The molecule has 2 aromatic rings. The summed E-state index contributed by atoms with van der Waals surface area (Å²) in [6, 6.07) is 13.4. The summed E-state index contributed by atoms with van der Waals surface area (Å²) in [7, 11) is -1.43. The Balaban J connectivity index is 2.05. The maximum absolute atomic E-state index is 9.07. The second-order valence-electron chi connectivity index (χ2n) is 6.63. The maximum atomic E-state index is 9.07. The largest absolute Gasteiger partial charge is 0.489 e. The van der Waals surface area contributed by atoms with E-state index in [4.69, 9.17) is 14.8 Å². The van der Waals surface area contributed by atoms with Gasteiger partial charge in [0.2, 0.25) is 0 Å². The number of ether oxygens (including phenoxy) is 1. The van der Waals surface area contributed by atoms with E-state index in [2.05, 4.69) is 39.8 Å². The van der Waals surface area contributed by atoms with Crippen molar-refractivity contribution in [3.05, 3.63) is 59.2 Å². The van der Waals surface area contributed by atoms with E-state index in [1.807, 2.05) is 18.2 Å². The fourth-order valence-corrected chi connectivity index (χ4v) is 2.22. The summed E-state index contributed by atoms with van der Waals surface area (Å²) in [5.41, 5.74) is 4.01. The summed E-state index contributed by atoms with van der Waals surface area (Å²) < 4.78 is 5.87. The Bertz CT molecular complexity index is 628. The van der Waals surface area contributed by atoms with Crippen molar-refractivity contribution in [2.75, 3.05) is 0 Å². The van der Waals surface area contributed by atoms with Gasteiger partial charge in [0.05, 0.1) is 0 Å². The number of hydrogen-bond acceptors (Lipinski definition) is 3. The summed E-state index contributed by atoms with van der Waals surface area (Å²) in [5, 5.41) is 18.1. The monoisotopic (exact) mass is 298 g/mol. The standard InChI is InChI=1S/C18H23BO3/c1-13-11-15(18(2,3)4)7-10-17(13)22-12-14-5-8-16(9-6-14)19(20)21/h5-11,20-21H,12H2,1-4H3. The molecule has 0 aliphatic carbocycles. The van der Waals surface area contributed by atoms with E-state index in [0.717, 1.165) is 16.9 Å². The molecule has 2 N–H and O–H groups in total. The summed E-state index contributed by atoms with van der Waals surface area (Å²) in [6.07, 6.45) is 0. The first-order chi connectivity index (χ1) is 10.3. The maximum Gasteiger partial charge on any atom is 0.488 e. The molecule has 22 heavy (non-hydrogen) atoms. The molecule has 0 heterocycles. The molecule has 0 aliphatic heterocycles. The van der Waals surface area contributed by atoms with E-state index in [-0.39, 0.29) is 5.41 Å². The molecule has 0 radical (unpaired) electrons. The molecule has 0 aromatic heterocycles. The van der Waals surface area contributed by atoms with Crippen LogP contribution in [0.25, 0.3) is 0 Å². The molecule has 0 amide bonds. The predicted molar refractivity (Wildman–Crippen MR) is 90.5 cm³/mol. The third-order valence-electron chi connectivity index (χ3n) is 3.71. The van der Waals surface area contributed by atoms with Crippen LogP contribution in [0.1, 0.15) is 37.5 Å². The highest BCUT2D eigenvalue weighted by Gasteiger charge is 2.15. The highest BCUT2D eigenvalue weighted by Crippen LogP contribution is 2.27. The van der Waals surface area contributed by atoms with Crippen LogP contribution in [0.3, 0.4) is 0 Å². The summed E-state index contributed by atoms with van der Waals surface area (Å²) >= 11 is 0. The molecule has 0 unspecified atom stereocenters. The predicted octanol–water partition coefficient (Wildman–Crippen LogP) is 2.55. The van der Waals surface area contributed by atoms with E-state index in [9.17, 15) is 0 Å². The van der Waals surface area contributed by atoms with Crippen LogP contribution in [-0.4, -0.2) is 17.2 Å². The van der Waals surface area contributed by atoms with Crippen LogP contribution < -0.4 is 10.2 Å². The summed E-state index contributed by atoms with van der Waals surface area (Å²) in [5.74, 6) is 0.874. The minimum atomic E-state index is -1.43. The van der Waals surface area contributed by atoms with Crippen molar-refractivity contribution in [2.45, 2.75) is 39.7 Å². The lowest BCUT2D eigenvalue weighted by molar-refractivity contribution is 0.304. The Morgan fingerprint density at radius 2 is 1.64 bits per heavy atom. The molecule has 0 bridgehead atoms. The Labute approximate surface area is 132 Å². The van der Waals surface area contributed by atoms with Crippen molar-refractivity contribution in [3.63, 3.8) is 0 Å². The van der Waals surface area contributed by atoms with Crippen LogP contribution >= 0.6 is 0 Å². The van der Waals surface area contributed by atoms with Crippen molar-refractivity contribution < 1.29 is 14.8 Å². The SMILES string of the molecule is Cc1cc(C(C)(C)C)ccc1OCc1ccc(B(O)O)cc1. The number of hydrogen-bond donors (Lipinski definition) is 2. The smallest absolute Gasteiger partial charge is 0.488 e. The molecular formula is C18H23BO3. The number of aryl methyl sites for hydroxylation is 1. The van der Waals surface area contributed by atoms with Crippen LogP contribution in [0, 0.1) is 6.92 Å². The van der Waals surface area contributed by atoms with Gasteiger partial charge in [-0.3, -0.25) is 0 Å². The van der Waals surface area contributed by atoms with Crippen LogP contribution in [0.2, 0.25) is 0 Å². The molecule has 0 aliphatic rings. The van der Waals surface area contributed by atoms with E-state index in [1.54, 1.807) is 12.1 Å². The Kier molecular flexibility index (Phi) is 4.94. The molecular weight excluding hydrogens is 275 g/mol. The Morgan fingerprint density at radius 1 is 1.00 bits per heavy atom. The van der Waals surface area contributed by atoms with Gasteiger partial charge in [-0.05, 0) is 40.6 Å². The number of rotatable bonds is 4. The van der Waals surface area contributed by atoms with E-state index >= 15 is 0 Å². The van der Waals surface area contributed by atoms with Gasteiger partial charge in [0, 0.05) is 0 Å². The third-order valence-corrected chi connectivity index (χ3v) is 3.71. The van der Waals surface area contributed by atoms with Crippen molar-refractivity contribution >= 4 is 12.6 Å². The number of benzene rings is 2. The first kappa shape index (κ1) is 16.6. The van der Waals surface area contributed by atoms with E-state index < -0.39 is 7.12 Å². The van der Waals surface area contributed by atoms with Crippen LogP contribution in [0.5, 0.6) is 5.75 Å². The molecule has 116 valence electrons. The van der Waals surface area contributed by atoms with Gasteiger partial charge >= 0.3 is 7.12 Å². The lowest BCUT2D eigenvalue weighted by Crippen LogP contribution is -2.29. The topological polar surface area (TPSA) is 49.7 Å². The van der Waals surface area contributed by atoms with Gasteiger partial charge in [-0.25, -0.2) is 0 Å². The quantitative estimate of drug-likeness (QED) is 0.853. The second kappa shape index (κ2) is 6.55. The van der Waals surface area contributed by atoms with Crippen LogP contribution in [0.4, 0.5) is 0 Å². The lowest BCUT2D eigenvalue weighted by Gasteiger charge is -2.20. The van der Waals surface area contributed by atoms with Crippen molar-refractivity contribution in [2.24, 2.45) is 0 Å². The third kappa shape index (κ3) is 4.12. The first-order valence-corrected chi connectivity index (χ1v) is 7.46. The zero-order valence-electron chi connectivity index (χ0n) is 13.6. The molecule has 0 fully saturated rings. The Morgan fingerprint density at radius 3 is 2.14 bits per heavy atom. The Hall–Kier alpha value is -1.78. The molecule has 0 spiro atoms. The normalized spacial score (nSPS) is 11.4. The molecule has 3 nitrogen and oxygen atoms in total. The van der Waals surface area contributed by atoms with Crippen molar-refractivity contribution in [1.29, 1.82) is 0 Å². The zero-order chi connectivity index (χ0) is 16.3. The lowest BCUT2D eigenvalue weighted by atomic mass is 9.80. The van der Waals surface area contributed by atoms with Crippen molar-refractivity contribution in [1.82, 2.24) is 0 Å². The average Bonchev–Trinajstić information content (AvgIpc) is 2.45. The van der Waals surface area contributed by atoms with Gasteiger partial charge in [-0.15, -0.1) is 0 Å². The molecule has 2 aromatic carbocycles. The fourth-order valence-electron chi connectivity index (χ4n) is 2.22. The van der Waals surface area contributed by atoms with E-state index in [1.165, 1.54) is 5.56 Å². The molecule has 0 saturated heterocycles. The minimum Gasteiger partial charge on any atom is -0.489 e. The van der Waals surface area contributed by atoms with Crippen molar-refractivity contribution in [3.8, 4) is 5.75 Å². The van der Waals surface area contributed by atoms with Gasteiger partial charge in [-0.1, -0.05) is 57.2 Å². The van der Waals surface area contributed by atoms with Crippen LogP contribution in [-0.2, 0) is 12.0 Å².